The van der Waals surface area contributed by atoms with Crippen molar-refractivity contribution >= 4 is 29.1 Å². The predicted octanol–water partition coefficient (Wildman–Crippen LogP) is 3.16. The number of benzene rings is 1. The fourth-order valence-electron chi connectivity index (χ4n) is 2.03. The number of hydrogen-bond donors (Lipinski definition) is 2. The first-order chi connectivity index (χ1) is 9.16. The zero-order chi connectivity index (χ0) is 13.4. The predicted molar refractivity (Wildman–Crippen MR) is 73.7 cm³/mol. The van der Waals surface area contributed by atoms with Crippen LogP contribution in [0.15, 0.2) is 30.3 Å². The molecule has 1 fully saturated rings. The summed E-state index contributed by atoms with van der Waals surface area (Å²) in [5.74, 6) is 1.05. The highest BCUT2D eigenvalue weighted by atomic mass is 35.5. The van der Waals surface area contributed by atoms with Crippen LogP contribution in [0.5, 0.6) is 0 Å². The smallest absolute Gasteiger partial charge is 0.325 e. The van der Waals surface area contributed by atoms with Crippen LogP contribution in [0.1, 0.15) is 24.5 Å². The van der Waals surface area contributed by atoms with Crippen molar-refractivity contribution in [2.24, 2.45) is 5.73 Å². The van der Waals surface area contributed by atoms with E-state index in [1.165, 1.54) is 4.90 Å². The quantitative estimate of drug-likeness (QED) is 0.903. The van der Waals surface area contributed by atoms with Crippen LogP contribution in [0.3, 0.4) is 0 Å². The van der Waals surface area contributed by atoms with Crippen molar-refractivity contribution in [2.45, 2.75) is 18.8 Å². The molecule has 0 atom stereocenters. The van der Waals surface area contributed by atoms with Gasteiger partial charge in [0, 0.05) is 12.0 Å². The zero-order valence-electron chi connectivity index (χ0n) is 10.1. The maximum Gasteiger partial charge on any atom is 0.325 e. The number of carbonyl (C=O) groups excluding carboxylic acids is 1. The monoisotopic (exact) mass is 276 g/mol. The largest absolute Gasteiger partial charge is 0.351 e. The fraction of sp³-hybridized carbons (Fsp3) is 0.231. The molecule has 1 heterocycles. The number of halogens is 1. The minimum Gasteiger partial charge on any atom is -0.351 e. The first kappa shape index (κ1) is 12.0. The second-order valence-electron chi connectivity index (χ2n) is 4.58. The average molecular weight is 277 g/mol. The van der Waals surface area contributed by atoms with Crippen LogP contribution in [-0.2, 0) is 0 Å². The standard InChI is InChI=1S/C13H13ClN4O/c14-9-3-1-2-4-11(9)18(13(15)19)12-7-10(16-17-12)8-5-6-8/h1-4,7-8H,5-6H2,(H2,15,19)(H,16,17). The van der Waals surface area contributed by atoms with Crippen molar-refractivity contribution in [3.8, 4) is 0 Å². The van der Waals surface area contributed by atoms with E-state index in [4.69, 9.17) is 17.3 Å². The van der Waals surface area contributed by atoms with E-state index < -0.39 is 6.03 Å². The number of amides is 2. The van der Waals surface area contributed by atoms with Gasteiger partial charge in [0.2, 0.25) is 0 Å². The first-order valence-corrected chi connectivity index (χ1v) is 6.44. The van der Waals surface area contributed by atoms with E-state index in [9.17, 15) is 4.79 Å². The van der Waals surface area contributed by atoms with Crippen molar-refractivity contribution in [3.63, 3.8) is 0 Å². The van der Waals surface area contributed by atoms with Crippen LogP contribution < -0.4 is 10.6 Å². The lowest BCUT2D eigenvalue weighted by Crippen LogP contribution is -2.31. The number of nitrogens with two attached hydrogens (primary N) is 1. The third kappa shape index (κ3) is 2.29. The summed E-state index contributed by atoms with van der Waals surface area (Å²) in [6, 6.07) is 8.31. The van der Waals surface area contributed by atoms with Gasteiger partial charge in [0.05, 0.1) is 16.4 Å². The number of para-hydroxylation sites is 1. The molecular weight excluding hydrogens is 264 g/mol. The summed E-state index contributed by atoms with van der Waals surface area (Å²) in [7, 11) is 0. The Hall–Kier alpha value is -2.01. The van der Waals surface area contributed by atoms with Crippen LogP contribution in [0, 0.1) is 0 Å². The van der Waals surface area contributed by atoms with Gasteiger partial charge in [0.1, 0.15) is 5.82 Å². The highest BCUT2D eigenvalue weighted by molar-refractivity contribution is 6.34. The number of rotatable bonds is 3. The Balaban J connectivity index is 2.00. The summed E-state index contributed by atoms with van der Waals surface area (Å²) in [4.78, 5) is 13.0. The van der Waals surface area contributed by atoms with Gasteiger partial charge in [-0.15, -0.1) is 0 Å². The van der Waals surface area contributed by atoms with E-state index >= 15 is 0 Å². The van der Waals surface area contributed by atoms with Gasteiger partial charge in [0.25, 0.3) is 0 Å². The number of aromatic amines is 1. The van der Waals surface area contributed by atoms with E-state index in [2.05, 4.69) is 10.2 Å². The van der Waals surface area contributed by atoms with Crippen molar-refractivity contribution in [2.75, 3.05) is 4.90 Å². The lowest BCUT2D eigenvalue weighted by molar-refractivity contribution is 0.256. The zero-order valence-corrected chi connectivity index (χ0v) is 10.9. The molecule has 3 N–H and O–H groups in total. The van der Waals surface area contributed by atoms with Gasteiger partial charge in [-0.1, -0.05) is 23.7 Å². The second-order valence-corrected chi connectivity index (χ2v) is 4.98. The van der Waals surface area contributed by atoms with Crippen LogP contribution in [0.25, 0.3) is 0 Å². The lowest BCUT2D eigenvalue weighted by Gasteiger charge is -2.19. The van der Waals surface area contributed by atoms with Gasteiger partial charge in [0.15, 0.2) is 0 Å². The molecule has 2 aromatic rings. The molecular formula is C13H13ClN4O. The Bertz CT molecular complexity index is 621. The second kappa shape index (κ2) is 4.59. The van der Waals surface area contributed by atoms with Crippen LogP contribution in [0.4, 0.5) is 16.3 Å². The number of hydrogen-bond acceptors (Lipinski definition) is 2. The summed E-state index contributed by atoms with van der Waals surface area (Å²) >= 11 is 6.11. The first-order valence-electron chi connectivity index (χ1n) is 6.06. The number of primary amides is 1. The molecule has 0 aliphatic heterocycles. The van der Waals surface area contributed by atoms with E-state index in [0.29, 0.717) is 22.4 Å². The Labute approximate surface area is 115 Å². The van der Waals surface area contributed by atoms with Crippen molar-refractivity contribution in [1.29, 1.82) is 0 Å². The van der Waals surface area contributed by atoms with Gasteiger partial charge in [-0.3, -0.25) is 5.10 Å². The number of H-pyrrole nitrogens is 1. The van der Waals surface area contributed by atoms with Crippen molar-refractivity contribution in [3.05, 3.63) is 41.0 Å². The minimum atomic E-state index is -0.598. The van der Waals surface area contributed by atoms with Gasteiger partial charge >= 0.3 is 6.03 Å². The highest BCUT2D eigenvalue weighted by Gasteiger charge is 2.28. The van der Waals surface area contributed by atoms with Crippen LogP contribution >= 0.6 is 11.6 Å². The number of nitrogens with one attached hydrogen (secondary N) is 1. The molecule has 1 aliphatic rings. The number of anilines is 2. The molecule has 0 bridgehead atoms. The summed E-state index contributed by atoms with van der Waals surface area (Å²) in [6.45, 7) is 0. The summed E-state index contributed by atoms with van der Waals surface area (Å²) in [5, 5.41) is 7.53. The average Bonchev–Trinajstić information content (AvgIpc) is 3.12. The highest BCUT2D eigenvalue weighted by Crippen LogP contribution is 2.40. The SMILES string of the molecule is NC(=O)N(c1cc(C2CC2)n[nH]1)c1ccccc1Cl. The van der Waals surface area contributed by atoms with Crippen molar-refractivity contribution in [1.82, 2.24) is 10.2 Å². The number of urea groups is 1. The molecule has 1 aromatic carbocycles. The molecule has 98 valence electrons. The number of carbonyl (C=O) groups is 1. The molecule has 2 amide bonds. The van der Waals surface area contributed by atoms with Crippen LogP contribution in [-0.4, -0.2) is 16.2 Å². The Morgan fingerprint density at radius 1 is 1.42 bits per heavy atom. The Kier molecular flexibility index (Phi) is 2.91. The van der Waals surface area contributed by atoms with E-state index in [0.717, 1.165) is 18.5 Å². The summed E-state index contributed by atoms with van der Waals surface area (Å²) in [5.41, 5.74) is 6.96. The summed E-state index contributed by atoms with van der Waals surface area (Å²) in [6.07, 6.45) is 2.29. The molecule has 3 rings (SSSR count). The molecule has 1 saturated carbocycles. The molecule has 0 radical (unpaired) electrons. The van der Waals surface area contributed by atoms with Gasteiger partial charge in [-0.2, -0.15) is 5.10 Å². The van der Waals surface area contributed by atoms with E-state index in [1.807, 2.05) is 6.07 Å². The third-order valence-electron chi connectivity index (χ3n) is 3.13. The molecule has 1 aliphatic carbocycles. The third-order valence-corrected chi connectivity index (χ3v) is 3.45. The molecule has 0 saturated heterocycles. The van der Waals surface area contributed by atoms with Crippen LogP contribution in [0.2, 0.25) is 5.02 Å². The molecule has 0 unspecified atom stereocenters. The maximum absolute atomic E-state index is 11.7. The molecule has 6 heteroatoms. The number of aromatic nitrogens is 2. The fourth-order valence-corrected chi connectivity index (χ4v) is 2.25. The minimum absolute atomic E-state index is 0.462. The van der Waals surface area contributed by atoms with Gasteiger partial charge in [-0.05, 0) is 25.0 Å². The molecule has 0 spiro atoms. The van der Waals surface area contributed by atoms with Crippen molar-refractivity contribution < 1.29 is 4.79 Å². The Morgan fingerprint density at radius 3 is 2.79 bits per heavy atom. The molecule has 5 nitrogen and oxygen atoms in total. The molecule has 1 aromatic heterocycles. The topological polar surface area (TPSA) is 75.0 Å². The Morgan fingerprint density at radius 2 is 2.16 bits per heavy atom. The van der Waals surface area contributed by atoms with E-state index in [-0.39, 0.29) is 0 Å². The summed E-state index contributed by atoms with van der Waals surface area (Å²) < 4.78 is 0. The number of nitrogens with zero attached hydrogens (tertiary/aromatic N) is 2. The van der Waals surface area contributed by atoms with E-state index in [1.54, 1.807) is 24.3 Å². The van der Waals surface area contributed by atoms with Gasteiger partial charge < -0.3 is 5.73 Å². The van der Waals surface area contributed by atoms with Gasteiger partial charge in [-0.25, -0.2) is 9.69 Å². The molecule has 19 heavy (non-hydrogen) atoms. The maximum atomic E-state index is 11.7. The lowest BCUT2D eigenvalue weighted by atomic mass is 10.2. The normalized spacial score (nSPS) is 14.4.